The molecule has 0 bridgehead atoms. The van der Waals surface area contributed by atoms with E-state index in [4.69, 9.17) is 9.84 Å². The number of amides is 2. The van der Waals surface area contributed by atoms with Gasteiger partial charge in [0.25, 0.3) is 0 Å². The third-order valence-corrected chi connectivity index (χ3v) is 3.97. The summed E-state index contributed by atoms with van der Waals surface area (Å²) >= 11 is 0. The minimum atomic E-state index is -0.898. The van der Waals surface area contributed by atoms with Gasteiger partial charge in [-0.15, -0.1) is 0 Å². The van der Waals surface area contributed by atoms with Crippen LogP contribution in [-0.4, -0.2) is 78.4 Å². The molecule has 2 fully saturated rings. The number of likely N-dealkylation sites (N-methyl/N-ethyl adjacent to an activating group) is 1. The monoisotopic (exact) mass is 299 g/mol. The molecule has 21 heavy (non-hydrogen) atoms. The van der Waals surface area contributed by atoms with Gasteiger partial charge in [-0.1, -0.05) is 6.92 Å². The van der Waals surface area contributed by atoms with E-state index in [9.17, 15) is 9.59 Å². The van der Waals surface area contributed by atoms with E-state index in [1.165, 1.54) is 12.8 Å². The van der Waals surface area contributed by atoms with E-state index in [1.54, 1.807) is 4.90 Å². The molecule has 0 spiro atoms. The number of carbonyl (C=O) groups excluding carboxylic acids is 1. The predicted molar refractivity (Wildman–Crippen MR) is 77.2 cm³/mol. The number of carbonyl (C=O) groups is 2. The van der Waals surface area contributed by atoms with Crippen molar-refractivity contribution in [2.24, 2.45) is 0 Å². The van der Waals surface area contributed by atoms with Crippen LogP contribution >= 0.6 is 0 Å². The van der Waals surface area contributed by atoms with Gasteiger partial charge in [-0.25, -0.2) is 4.79 Å². The summed E-state index contributed by atoms with van der Waals surface area (Å²) in [7, 11) is 0. The van der Waals surface area contributed by atoms with Crippen molar-refractivity contribution in [2.75, 3.05) is 39.3 Å². The molecule has 120 valence electrons. The van der Waals surface area contributed by atoms with Gasteiger partial charge in [-0.2, -0.15) is 0 Å². The standard InChI is InChI=1S/C14H25N3O4/c1-2-16(11-3-4-11)6-5-15-14(20)17-7-8-21-12(10-17)9-13(18)19/h11-12H,2-10H2,1H3,(H,15,20)(H,18,19). The van der Waals surface area contributed by atoms with Gasteiger partial charge >= 0.3 is 12.0 Å². The molecule has 1 saturated heterocycles. The molecule has 1 aliphatic heterocycles. The molecule has 0 radical (unpaired) electrons. The van der Waals surface area contributed by atoms with Crippen LogP contribution in [0.2, 0.25) is 0 Å². The molecular weight excluding hydrogens is 274 g/mol. The highest BCUT2D eigenvalue weighted by molar-refractivity contribution is 5.74. The number of hydrogen-bond donors (Lipinski definition) is 2. The Morgan fingerprint density at radius 3 is 2.81 bits per heavy atom. The van der Waals surface area contributed by atoms with Crippen molar-refractivity contribution in [3.8, 4) is 0 Å². The first-order valence-electron chi connectivity index (χ1n) is 7.70. The van der Waals surface area contributed by atoms with Crippen LogP contribution in [-0.2, 0) is 9.53 Å². The minimum Gasteiger partial charge on any atom is -0.481 e. The zero-order chi connectivity index (χ0) is 15.2. The second-order valence-electron chi connectivity index (χ2n) is 5.63. The van der Waals surface area contributed by atoms with E-state index in [1.807, 2.05) is 0 Å². The number of carboxylic acid groups (broad SMARTS) is 1. The van der Waals surface area contributed by atoms with E-state index in [-0.39, 0.29) is 12.5 Å². The lowest BCUT2D eigenvalue weighted by Crippen LogP contribution is -2.51. The molecule has 2 aliphatic rings. The van der Waals surface area contributed by atoms with E-state index >= 15 is 0 Å². The normalized spacial score (nSPS) is 22.4. The summed E-state index contributed by atoms with van der Waals surface area (Å²) < 4.78 is 5.36. The maximum atomic E-state index is 12.1. The Kier molecular flexibility index (Phi) is 5.81. The highest BCUT2D eigenvalue weighted by atomic mass is 16.5. The maximum absolute atomic E-state index is 12.1. The number of ether oxygens (including phenoxy) is 1. The number of carboxylic acids is 1. The van der Waals surface area contributed by atoms with Crippen molar-refractivity contribution >= 4 is 12.0 Å². The van der Waals surface area contributed by atoms with Gasteiger partial charge in [0.15, 0.2) is 0 Å². The lowest BCUT2D eigenvalue weighted by atomic mass is 10.2. The van der Waals surface area contributed by atoms with Crippen LogP contribution in [0.25, 0.3) is 0 Å². The van der Waals surface area contributed by atoms with Crippen LogP contribution in [0, 0.1) is 0 Å². The number of hydrogen-bond acceptors (Lipinski definition) is 4. The number of morpholine rings is 1. The lowest BCUT2D eigenvalue weighted by molar-refractivity contribution is -0.141. The largest absolute Gasteiger partial charge is 0.481 e. The van der Waals surface area contributed by atoms with Crippen molar-refractivity contribution < 1.29 is 19.4 Å². The first-order chi connectivity index (χ1) is 10.1. The van der Waals surface area contributed by atoms with Crippen LogP contribution in [0.4, 0.5) is 4.79 Å². The molecular formula is C14H25N3O4. The molecule has 1 unspecified atom stereocenters. The first-order valence-corrected chi connectivity index (χ1v) is 7.70. The fourth-order valence-electron chi connectivity index (χ4n) is 2.68. The van der Waals surface area contributed by atoms with E-state index in [0.717, 1.165) is 13.1 Å². The molecule has 2 rings (SSSR count). The van der Waals surface area contributed by atoms with Crippen LogP contribution in [0.5, 0.6) is 0 Å². The van der Waals surface area contributed by atoms with Gasteiger partial charge in [-0.3, -0.25) is 9.69 Å². The van der Waals surface area contributed by atoms with Crippen molar-refractivity contribution in [3.05, 3.63) is 0 Å². The zero-order valence-corrected chi connectivity index (χ0v) is 12.6. The van der Waals surface area contributed by atoms with Gasteiger partial charge in [0.05, 0.1) is 19.1 Å². The number of nitrogens with zero attached hydrogens (tertiary/aromatic N) is 2. The fourth-order valence-corrected chi connectivity index (χ4v) is 2.68. The van der Waals surface area contributed by atoms with Gasteiger partial charge in [-0.05, 0) is 19.4 Å². The minimum absolute atomic E-state index is 0.0604. The first kappa shape index (κ1) is 16.0. The van der Waals surface area contributed by atoms with Gasteiger partial charge in [0, 0.05) is 32.2 Å². The van der Waals surface area contributed by atoms with Crippen molar-refractivity contribution in [2.45, 2.75) is 38.3 Å². The average Bonchev–Trinajstić information content (AvgIpc) is 3.27. The summed E-state index contributed by atoms with van der Waals surface area (Å²) in [5.74, 6) is -0.898. The molecule has 1 aliphatic carbocycles. The Bertz CT molecular complexity index is 373. The van der Waals surface area contributed by atoms with Crippen LogP contribution in [0.3, 0.4) is 0 Å². The molecule has 7 nitrogen and oxygen atoms in total. The summed E-state index contributed by atoms with van der Waals surface area (Å²) in [5, 5.41) is 11.7. The van der Waals surface area contributed by atoms with Crippen molar-refractivity contribution in [3.63, 3.8) is 0 Å². The summed E-state index contributed by atoms with van der Waals surface area (Å²) in [6.45, 7) is 5.91. The van der Waals surface area contributed by atoms with Gasteiger partial charge in [0.1, 0.15) is 0 Å². The van der Waals surface area contributed by atoms with E-state index in [2.05, 4.69) is 17.1 Å². The third-order valence-electron chi connectivity index (χ3n) is 3.97. The van der Waals surface area contributed by atoms with Crippen LogP contribution in [0.15, 0.2) is 0 Å². The second kappa shape index (κ2) is 7.61. The molecule has 1 saturated carbocycles. The summed E-state index contributed by atoms with van der Waals surface area (Å²) in [4.78, 5) is 26.8. The van der Waals surface area contributed by atoms with E-state index in [0.29, 0.717) is 32.3 Å². The SMILES string of the molecule is CCN(CCNC(=O)N1CCOC(CC(=O)O)C1)C1CC1. The molecule has 0 aromatic carbocycles. The van der Waals surface area contributed by atoms with Crippen molar-refractivity contribution in [1.29, 1.82) is 0 Å². The third kappa shape index (κ3) is 5.17. The smallest absolute Gasteiger partial charge is 0.317 e. The quantitative estimate of drug-likeness (QED) is 0.709. The number of urea groups is 1. The number of rotatable bonds is 7. The Hall–Kier alpha value is -1.34. The molecule has 1 atom stereocenters. The van der Waals surface area contributed by atoms with Crippen molar-refractivity contribution in [1.82, 2.24) is 15.1 Å². The summed E-state index contributed by atoms with van der Waals surface area (Å²) in [6.07, 6.45) is 2.07. The topological polar surface area (TPSA) is 82.1 Å². The molecule has 2 amide bonds. The highest BCUT2D eigenvalue weighted by Crippen LogP contribution is 2.25. The van der Waals surface area contributed by atoms with Crippen LogP contribution in [0.1, 0.15) is 26.2 Å². The second-order valence-corrected chi connectivity index (χ2v) is 5.63. The Labute approximate surface area is 125 Å². The Morgan fingerprint density at radius 2 is 2.19 bits per heavy atom. The molecule has 2 N–H and O–H groups in total. The number of nitrogens with one attached hydrogen (secondary N) is 1. The van der Waals surface area contributed by atoms with Crippen LogP contribution < -0.4 is 5.32 Å². The highest BCUT2D eigenvalue weighted by Gasteiger charge is 2.28. The fraction of sp³-hybridized carbons (Fsp3) is 0.857. The number of aliphatic carboxylic acids is 1. The molecule has 7 heteroatoms. The molecule has 1 heterocycles. The molecule has 0 aromatic rings. The summed E-state index contributed by atoms with van der Waals surface area (Å²) in [6, 6.07) is 0.579. The molecule has 0 aromatic heterocycles. The lowest BCUT2D eigenvalue weighted by Gasteiger charge is -2.32. The maximum Gasteiger partial charge on any atom is 0.317 e. The Morgan fingerprint density at radius 1 is 1.43 bits per heavy atom. The van der Waals surface area contributed by atoms with E-state index < -0.39 is 12.1 Å². The summed E-state index contributed by atoms with van der Waals surface area (Å²) in [5.41, 5.74) is 0. The van der Waals surface area contributed by atoms with Gasteiger partial charge in [0.2, 0.25) is 0 Å². The predicted octanol–water partition coefficient (Wildman–Crippen LogP) is 0.356. The van der Waals surface area contributed by atoms with Gasteiger partial charge < -0.3 is 20.1 Å². The average molecular weight is 299 g/mol. The zero-order valence-electron chi connectivity index (χ0n) is 12.6. The Balaban J connectivity index is 1.68.